The molecule has 0 bridgehead atoms. The molecule has 0 aliphatic heterocycles. The van der Waals surface area contributed by atoms with Gasteiger partial charge in [0.15, 0.2) is 0 Å². The Bertz CT molecular complexity index is 1470. The molecule has 0 spiro atoms. The number of likely N-dealkylation sites (N-methyl/N-ethyl adjacent to an activating group) is 1. The zero-order valence-corrected chi connectivity index (χ0v) is 50.9. The SMILES string of the molecule is CC/C=C/C/C=C/C/C=C/CCCCCCCCC(=O)NC(COP(=O)(O)OCC[N+](C)(C)C)C(/C=C/CCCCCCCCCCCC)OC(=O)CCCCCCCCCCCCC/C=C/CCCCCCCC. The fourth-order valence-corrected chi connectivity index (χ4v) is 9.80. The van der Waals surface area contributed by atoms with Crippen LogP contribution in [0.3, 0.4) is 0 Å². The van der Waals surface area contributed by atoms with Gasteiger partial charge in [-0.15, -0.1) is 0 Å². The third kappa shape index (κ3) is 56.2. The molecule has 3 unspecified atom stereocenters. The number of nitrogens with zero attached hydrogens (tertiary/aromatic N) is 1. The first kappa shape index (κ1) is 72.7. The number of rotatable bonds is 57. The van der Waals surface area contributed by atoms with Crippen LogP contribution in [0, 0.1) is 0 Å². The number of esters is 1. The van der Waals surface area contributed by atoms with E-state index < -0.39 is 20.0 Å². The minimum atomic E-state index is -4.45. The van der Waals surface area contributed by atoms with Gasteiger partial charge in [0.2, 0.25) is 5.91 Å². The predicted molar refractivity (Wildman–Crippen MR) is 323 cm³/mol. The molecule has 0 aromatic carbocycles. The maximum atomic E-state index is 13.5. The number of quaternary nitrogens is 1. The van der Waals surface area contributed by atoms with Gasteiger partial charge < -0.3 is 19.4 Å². The van der Waals surface area contributed by atoms with Crippen molar-refractivity contribution in [3.8, 4) is 0 Å². The first-order valence-electron chi connectivity index (χ1n) is 31.6. The average molecular weight is 1070 g/mol. The Morgan fingerprint density at radius 2 is 0.853 bits per heavy atom. The smallest absolute Gasteiger partial charge is 0.456 e. The molecule has 0 saturated heterocycles. The molecule has 438 valence electrons. The predicted octanol–water partition coefficient (Wildman–Crippen LogP) is 19.4. The van der Waals surface area contributed by atoms with Gasteiger partial charge >= 0.3 is 13.8 Å². The lowest BCUT2D eigenvalue weighted by atomic mass is 10.0. The Kier molecular flexibility index (Phi) is 53.4. The number of allylic oxidation sites excluding steroid dienone is 9. The Hall–Kier alpha value is -2.29. The first-order chi connectivity index (χ1) is 36.4. The highest BCUT2D eigenvalue weighted by atomic mass is 31.2. The number of ether oxygens (including phenoxy) is 1. The van der Waals surface area contributed by atoms with Crippen molar-refractivity contribution in [3.05, 3.63) is 60.8 Å². The van der Waals surface area contributed by atoms with E-state index in [0.29, 0.717) is 17.4 Å². The molecule has 0 heterocycles. The van der Waals surface area contributed by atoms with E-state index in [0.717, 1.165) is 89.9 Å². The maximum absolute atomic E-state index is 13.5. The number of hydrogen-bond donors (Lipinski definition) is 2. The van der Waals surface area contributed by atoms with Crippen LogP contribution in [-0.2, 0) is 27.9 Å². The second-order valence-corrected chi connectivity index (χ2v) is 24.0. The molecule has 1 amide bonds. The molecule has 0 aromatic heterocycles. The molecule has 0 rings (SSSR count). The molecular formula is C65H122N2O7P+. The summed E-state index contributed by atoms with van der Waals surface area (Å²) in [6.07, 6.45) is 69.3. The van der Waals surface area contributed by atoms with Crippen LogP contribution in [0.4, 0.5) is 0 Å². The zero-order valence-electron chi connectivity index (χ0n) is 50.0. The maximum Gasteiger partial charge on any atom is 0.472 e. The van der Waals surface area contributed by atoms with Gasteiger partial charge in [0.05, 0.1) is 33.8 Å². The van der Waals surface area contributed by atoms with E-state index in [1.165, 1.54) is 167 Å². The van der Waals surface area contributed by atoms with Gasteiger partial charge in [-0.05, 0) is 89.5 Å². The van der Waals surface area contributed by atoms with Gasteiger partial charge in [0.1, 0.15) is 19.3 Å². The third-order valence-electron chi connectivity index (χ3n) is 13.9. The minimum absolute atomic E-state index is 0.0366. The minimum Gasteiger partial charge on any atom is -0.456 e. The van der Waals surface area contributed by atoms with Crippen molar-refractivity contribution in [1.29, 1.82) is 0 Å². The number of amides is 1. The van der Waals surface area contributed by atoms with Crippen molar-refractivity contribution in [1.82, 2.24) is 5.32 Å². The van der Waals surface area contributed by atoms with Crippen molar-refractivity contribution in [2.45, 2.75) is 303 Å². The van der Waals surface area contributed by atoms with Gasteiger partial charge in [-0.2, -0.15) is 0 Å². The molecule has 0 aliphatic rings. The van der Waals surface area contributed by atoms with Crippen molar-refractivity contribution >= 4 is 19.7 Å². The molecule has 75 heavy (non-hydrogen) atoms. The zero-order chi connectivity index (χ0) is 55.0. The van der Waals surface area contributed by atoms with E-state index in [4.69, 9.17) is 13.8 Å². The lowest BCUT2D eigenvalue weighted by Crippen LogP contribution is -2.47. The van der Waals surface area contributed by atoms with Gasteiger partial charge in [-0.1, -0.05) is 249 Å². The number of phosphoric acid groups is 1. The van der Waals surface area contributed by atoms with Crippen LogP contribution >= 0.6 is 7.82 Å². The van der Waals surface area contributed by atoms with E-state index in [-0.39, 0.29) is 31.5 Å². The monoisotopic (exact) mass is 1070 g/mol. The van der Waals surface area contributed by atoms with E-state index in [2.05, 4.69) is 74.7 Å². The summed E-state index contributed by atoms with van der Waals surface area (Å²) >= 11 is 0. The summed E-state index contributed by atoms with van der Waals surface area (Å²) in [6, 6.07) is -0.856. The largest absolute Gasteiger partial charge is 0.472 e. The van der Waals surface area contributed by atoms with Crippen molar-refractivity contribution < 1.29 is 37.3 Å². The Balaban J connectivity index is 5.21. The van der Waals surface area contributed by atoms with Crippen LogP contribution in [0.25, 0.3) is 0 Å². The molecule has 10 heteroatoms. The lowest BCUT2D eigenvalue weighted by Gasteiger charge is -2.27. The molecule has 0 aliphatic carbocycles. The highest BCUT2D eigenvalue weighted by Crippen LogP contribution is 2.43. The molecule has 9 nitrogen and oxygen atoms in total. The highest BCUT2D eigenvalue weighted by molar-refractivity contribution is 7.47. The molecule has 0 radical (unpaired) electrons. The number of hydrogen-bond acceptors (Lipinski definition) is 6. The van der Waals surface area contributed by atoms with Gasteiger partial charge in [0.25, 0.3) is 0 Å². The van der Waals surface area contributed by atoms with Gasteiger partial charge in [0, 0.05) is 12.8 Å². The molecule has 0 aromatic rings. The summed E-state index contributed by atoms with van der Waals surface area (Å²) in [5.74, 6) is -0.515. The average Bonchev–Trinajstić information content (AvgIpc) is 3.37. The normalized spacial score (nSPS) is 14.1. The molecule has 2 N–H and O–H groups in total. The molecule has 3 atom stereocenters. The second-order valence-electron chi connectivity index (χ2n) is 22.5. The fraction of sp³-hybridized carbons (Fsp3) is 0.815. The van der Waals surface area contributed by atoms with Crippen LogP contribution in [0.15, 0.2) is 60.8 Å². The van der Waals surface area contributed by atoms with Crippen LogP contribution in [0.5, 0.6) is 0 Å². The van der Waals surface area contributed by atoms with Crippen LogP contribution < -0.4 is 5.32 Å². The van der Waals surface area contributed by atoms with Crippen LogP contribution in [0.1, 0.15) is 290 Å². The van der Waals surface area contributed by atoms with E-state index in [1.54, 1.807) is 0 Å². The number of nitrogens with one attached hydrogen (secondary N) is 1. The summed E-state index contributed by atoms with van der Waals surface area (Å²) in [5, 5.41) is 3.05. The van der Waals surface area contributed by atoms with Crippen molar-refractivity contribution in [2.75, 3.05) is 40.9 Å². The number of carbonyl (C=O) groups is 2. The highest BCUT2D eigenvalue weighted by Gasteiger charge is 2.30. The van der Waals surface area contributed by atoms with Crippen LogP contribution in [-0.4, -0.2) is 74.3 Å². The summed E-state index contributed by atoms with van der Waals surface area (Å²) in [5.41, 5.74) is 0. The summed E-state index contributed by atoms with van der Waals surface area (Å²) in [4.78, 5) is 37.7. The summed E-state index contributed by atoms with van der Waals surface area (Å²) in [7, 11) is 1.49. The standard InChI is InChI=1S/C65H121N2O7P/c1-7-10-13-16-19-22-25-28-30-32-33-34-35-36-38-40-43-46-49-52-55-58-65(69)74-63(56-53-50-47-44-41-27-24-21-18-15-12-9-3)62(61-73-75(70,71)72-60-59-67(4,5)6)66-64(68)57-54-51-48-45-42-39-37-31-29-26-23-20-17-14-11-8-2/h11,14,20,23,28-31,53,56,62-63H,7-10,12-13,15-19,21-22,24-27,32-52,54-55,57-61H2,1-6H3,(H-,66,68,70,71)/p+1/b14-11+,23-20+,30-28+,31-29+,56-53+. The summed E-state index contributed by atoms with van der Waals surface area (Å²) < 4.78 is 30.7. The Morgan fingerprint density at radius 3 is 1.29 bits per heavy atom. The molecular weight excluding hydrogens is 952 g/mol. The van der Waals surface area contributed by atoms with Gasteiger partial charge in [-0.25, -0.2) is 4.57 Å². The van der Waals surface area contributed by atoms with E-state index in [1.807, 2.05) is 33.3 Å². The first-order valence-corrected chi connectivity index (χ1v) is 33.1. The topological polar surface area (TPSA) is 111 Å². The van der Waals surface area contributed by atoms with E-state index >= 15 is 0 Å². The fourth-order valence-electron chi connectivity index (χ4n) is 9.07. The Labute approximate surface area is 464 Å². The number of phosphoric ester groups is 1. The third-order valence-corrected chi connectivity index (χ3v) is 14.9. The lowest BCUT2D eigenvalue weighted by molar-refractivity contribution is -0.870. The van der Waals surface area contributed by atoms with Crippen molar-refractivity contribution in [2.24, 2.45) is 0 Å². The van der Waals surface area contributed by atoms with Crippen LogP contribution in [0.2, 0.25) is 0 Å². The number of carbonyl (C=O) groups excluding carboxylic acids is 2. The number of unbranched alkanes of at least 4 members (excludes halogenated alkanes) is 33. The quantitative estimate of drug-likeness (QED) is 0.0205. The van der Waals surface area contributed by atoms with E-state index in [9.17, 15) is 19.0 Å². The second kappa shape index (κ2) is 55.0. The molecule has 0 fully saturated rings. The summed E-state index contributed by atoms with van der Waals surface area (Å²) in [6.45, 7) is 6.91. The van der Waals surface area contributed by atoms with Gasteiger partial charge in [-0.3, -0.25) is 18.6 Å². The van der Waals surface area contributed by atoms with Crippen molar-refractivity contribution in [3.63, 3.8) is 0 Å². The Morgan fingerprint density at radius 1 is 0.480 bits per heavy atom. The molecule has 0 saturated carbocycles.